The Bertz CT molecular complexity index is 1230. The molecule has 4 aromatic rings. The molecule has 0 spiro atoms. The number of nitrogens with zero attached hydrogens (tertiary/aromatic N) is 2. The van der Waals surface area contributed by atoms with Gasteiger partial charge in [-0.2, -0.15) is 5.26 Å². The van der Waals surface area contributed by atoms with Crippen molar-refractivity contribution in [2.45, 2.75) is 6.61 Å². The fourth-order valence-electron chi connectivity index (χ4n) is 3.08. The first kappa shape index (κ1) is 18.2. The van der Waals surface area contributed by atoms with E-state index in [1.165, 1.54) is 0 Å². The van der Waals surface area contributed by atoms with E-state index in [9.17, 15) is 10.1 Å². The zero-order chi connectivity index (χ0) is 20.1. The number of hydrogen-bond acceptors (Lipinski definition) is 4. The number of Topliss-reactive ketones (excluding diaryl/α,β-unsaturated/α-hetero) is 1. The summed E-state index contributed by atoms with van der Waals surface area (Å²) in [6.45, 7) is 0.344. The summed E-state index contributed by atoms with van der Waals surface area (Å²) in [6.07, 6.45) is 6.65. The van der Waals surface area contributed by atoms with Crippen molar-refractivity contribution in [1.29, 1.82) is 5.26 Å². The SMILES string of the molecule is N#C/C(=C\c1ccccc1OCc1cccnc1)C(=O)c1c[nH]c2ccccc12. The van der Waals surface area contributed by atoms with Gasteiger partial charge < -0.3 is 9.72 Å². The number of nitrogens with one attached hydrogen (secondary N) is 1. The molecule has 140 valence electrons. The number of aromatic amines is 1. The second-order valence-electron chi connectivity index (χ2n) is 6.43. The Kier molecular flexibility index (Phi) is 5.17. The Labute approximate surface area is 167 Å². The highest BCUT2D eigenvalue weighted by Crippen LogP contribution is 2.25. The number of para-hydroxylation sites is 2. The normalized spacial score (nSPS) is 11.2. The van der Waals surface area contributed by atoms with Gasteiger partial charge in [0.15, 0.2) is 0 Å². The van der Waals surface area contributed by atoms with Crippen LogP contribution < -0.4 is 4.74 Å². The topological polar surface area (TPSA) is 78.8 Å². The van der Waals surface area contributed by atoms with Crippen molar-refractivity contribution in [3.63, 3.8) is 0 Å². The van der Waals surface area contributed by atoms with Crippen LogP contribution in [-0.4, -0.2) is 15.8 Å². The number of aromatic nitrogens is 2. The zero-order valence-corrected chi connectivity index (χ0v) is 15.5. The van der Waals surface area contributed by atoms with E-state index in [1.807, 2.05) is 66.7 Å². The van der Waals surface area contributed by atoms with E-state index in [0.717, 1.165) is 16.5 Å². The van der Waals surface area contributed by atoms with Crippen LogP contribution in [0.1, 0.15) is 21.5 Å². The minimum absolute atomic E-state index is 0.0483. The number of rotatable bonds is 6. The molecule has 0 amide bonds. The Morgan fingerprint density at radius 1 is 1.10 bits per heavy atom. The molecule has 0 unspecified atom stereocenters. The first-order valence-electron chi connectivity index (χ1n) is 9.09. The second kappa shape index (κ2) is 8.24. The van der Waals surface area contributed by atoms with E-state index >= 15 is 0 Å². The van der Waals surface area contributed by atoms with E-state index in [1.54, 1.807) is 24.7 Å². The van der Waals surface area contributed by atoms with E-state index < -0.39 is 0 Å². The number of ether oxygens (including phenoxy) is 1. The Morgan fingerprint density at radius 2 is 1.93 bits per heavy atom. The average Bonchev–Trinajstić information content (AvgIpc) is 3.21. The third-order valence-corrected chi connectivity index (χ3v) is 4.53. The van der Waals surface area contributed by atoms with Crippen LogP contribution in [0, 0.1) is 11.3 Å². The lowest BCUT2D eigenvalue weighted by Crippen LogP contribution is -2.02. The molecule has 0 fully saturated rings. The van der Waals surface area contributed by atoms with Crippen LogP contribution in [0.3, 0.4) is 0 Å². The summed E-state index contributed by atoms with van der Waals surface area (Å²) in [6, 6.07) is 20.6. The summed E-state index contributed by atoms with van der Waals surface area (Å²) < 4.78 is 5.90. The van der Waals surface area contributed by atoms with Gasteiger partial charge in [0.05, 0.1) is 0 Å². The smallest absolute Gasteiger partial charge is 0.205 e. The fourth-order valence-corrected chi connectivity index (χ4v) is 3.08. The molecule has 0 atom stereocenters. The lowest BCUT2D eigenvalue weighted by Gasteiger charge is -2.09. The molecule has 2 heterocycles. The summed E-state index contributed by atoms with van der Waals surface area (Å²) in [4.78, 5) is 20.1. The number of pyridine rings is 1. The Balaban J connectivity index is 1.64. The van der Waals surface area contributed by atoms with Gasteiger partial charge in [0.2, 0.25) is 5.78 Å². The van der Waals surface area contributed by atoms with E-state index in [2.05, 4.69) is 9.97 Å². The van der Waals surface area contributed by atoms with Gasteiger partial charge in [-0.3, -0.25) is 9.78 Å². The third kappa shape index (κ3) is 3.92. The molecule has 2 aromatic carbocycles. The van der Waals surface area contributed by atoms with Gasteiger partial charge in [-0.1, -0.05) is 42.5 Å². The number of carbonyl (C=O) groups excluding carboxylic acids is 1. The zero-order valence-electron chi connectivity index (χ0n) is 15.5. The van der Waals surface area contributed by atoms with Gasteiger partial charge in [0.1, 0.15) is 24.0 Å². The molecular formula is C24H17N3O2. The molecular weight excluding hydrogens is 362 g/mol. The molecule has 5 heteroatoms. The van der Waals surface area contributed by atoms with Gasteiger partial charge in [-0.25, -0.2) is 0 Å². The number of ketones is 1. The predicted molar refractivity (Wildman–Crippen MR) is 111 cm³/mol. The largest absolute Gasteiger partial charge is 0.488 e. The lowest BCUT2D eigenvalue weighted by molar-refractivity contribution is 0.104. The minimum Gasteiger partial charge on any atom is -0.488 e. The van der Waals surface area contributed by atoms with Crippen molar-refractivity contribution < 1.29 is 9.53 Å². The molecule has 0 saturated heterocycles. The molecule has 0 bridgehead atoms. The maximum absolute atomic E-state index is 13.0. The van der Waals surface area contributed by atoms with Gasteiger partial charge in [0.25, 0.3) is 0 Å². The molecule has 0 aliphatic carbocycles. The van der Waals surface area contributed by atoms with Crippen LogP contribution in [-0.2, 0) is 6.61 Å². The Morgan fingerprint density at radius 3 is 2.76 bits per heavy atom. The van der Waals surface area contributed by atoms with Crippen LogP contribution in [0.4, 0.5) is 0 Å². The summed E-state index contributed by atoms with van der Waals surface area (Å²) in [5.74, 6) is 0.267. The van der Waals surface area contributed by atoms with Crippen LogP contribution in [0.15, 0.2) is 84.8 Å². The van der Waals surface area contributed by atoms with Crippen molar-refractivity contribution in [1.82, 2.24) is 9.97 Å². The summed E-state index contributed by atoms with van der Waals surface area (Å²) in [5.41, 5.74) is 2.98. The standard InChI is InChI=1S/C24H17N3O2/c25-13-19(24(28)21-15-27-22-9-3-2-8-20(21)22)12-18-7-1-4-10-23(18)29-16-17-6-5-11-26-14-17/h1-12,14-15,27H,16H2/b19-12+. The van der Waals surface area contributed by atoms with Crippen molar-refractivity contribution in [3.05, 3.63) is 102 Å². The molecule has 1 N–H and O–H groups in total. The van der Waals surface area contributed by atoms with Crippen LogP contribution in [0.25, 0.3) is 17.0 Å². The molecule has 2 aromatic heterocycles. The number of carbonyl (C=O) groups is 1. The van der Waals surface area contributed by atoms with Crippen molar-refractivity contribution in [3.8, 4) is 11.8 Å². The summed E-state index contributed by atoms with van der Waals surface area (Å²) in [7, 11) is 0. The highest BCUT2D eigenvalue weighted by molar-refractivity contribution is 6.19. The predicted octanol–water partition coefficient (Wildman–Crippen LogP) is 4.93. The maximum Gasteiger partial charge on any atom is 0.205 e. The van der Waals surface area contributed by atoms with Gasteiger partial charge in [0, 0.05) is 46.2 Å². The molecule has 0 aliphatic rings. The van der Waals surface area contributed by atoms with Gasteiger partial charge in [-0.05, 0) is 24.3 Å². The summed E-state index contributed by atoms with van der Waals surface area (Å²) >= 11 is 0. The first-order chi connectivity index (χ1) is 14.3. The quantitative estimate of drug-likeness (QED) is 0.293. The van der Waals surface area contributed by atoms with Crippen molar-refractivity contribution in [2.75, 3.05) is 0 Å². The molecule has 4 rings (SSSR count). The maximum atomic E-state index is 13.0. The molecule has 0 aliphatic heterocycles. The fraction of sp³-hybridized carbons (Fsp3) is 0.0417. The molecule has 29 heavy (non-hydrogen) atoms. The molecule has 0 radical (unpaired) electrons. The van der Waals surface area contributed by atoms with Crippen LogP contribution in [0.2, 0.25) is 0 Å². The van der Waals surface area contributed by atoms with E-state index in [-0.39, 0.29) is 11.4 Å². The highest BCUT2D eigenvalue weighted by atomic mass is 16.5. The molecule has 5 nitrogen and oxygen atoms in total. The van der Waals surface area contributed by atoms with Crippen molar-refractivity contribution >= 4 is 22.8 Å². The highest BCUT2D eigenvalue weighted by Gasteiger charge is 2.17. The minimum atomic E-state index is -0.327. The number of benzene rings is 2. The molecule has 0 saturated carbocycles. The van der Waals surface area contributed by atoms with Crippen LogP contribution in [0.5, 0.6) is 5.75 Å². The second-order valence-corrected chi connectivity index (χ2v) is 6.43. The number of hydrogen-bond donors (Lipinski definition) is 1. The average molecular weight is 379 g/mol. The number of allylic oxidation sites excluding steroid dienone is 1. The monoisotopic (exact) mass is 379 g/mol. The number of fused-ring (bicyclic) bond motifs is 1. The third-order valence-electron chi connectivity index (χ3n) is 4.53. The number of nitriles is 1. The van der Waals surface area contributed by atoms with Gasteiger partial charge >= 0.3 is 0 Å². The van der Waals surface area contributed by atoms with Gasteiger partial charge in [-0.15, -0.1) is 0 Å². The van der Waals surface area contributed by atoms with E-state index in [0.29, 0.717) is 23.5 Å². The lowest BCUT2D eigenvalue weighted by atomic mass is 10.0. The van der Waals surface area contributed by atoms with E-state index in [4.69, 9.17) is 4.74 Å². The Hall–Kier alpha value is -4.17. The van der Waals surface area contributed by atoms with Crippen LogP contribution >= 0.6 is 0 Å². The summed E-state index contributed by atoms with van der Waals surface area (Å²) in [5, 5.41) is 10.4. The number of H-pyrrole nitrogens is 1. The first-order valence-corrected chi connectivity index (χ1v) is 9.09. The van der Waals surface area contributed by atoms with Crippen molar-refractivity contribution in [2.24, 2.45) is 0 Å².